The summed E-state index contributed by atoms with van der Waals surface area (Å²) in [7, 11) is 0.640. The molecule has 6 nitrogen and oxygen atoms in total. The molecule has 0 aliphatic heterocycles. The average Bonchev–Trinajstić information content (AvgIpc) is 3.13. The van der Waals surface area contributed by atoms with Crippen LogP contribution in [0.3, 0.4) is 0 Å². The minimum Gasteiger partial charge on any atom is -0.355 e. The molecule has 9 heteroatoms. The van der Waals surface area contributed by atoms with Crippen LogP contribution in [0.4, 0.5) is 4.39 Å². The van der Waals surface area contributed by atoms with Gasteiger partial charge in [0.25, 0.3) is 0 Å². The van der Waals surface area contributed by atoms with E-state index in [2.05, 4.69) is 27.6 Å². The second-order valence-electron chi connectivity index (χ2n) is 7.25. The van der Waals surface area contributed by atoms with E-state index >= 15 is 0 Å². The summed E-state index contributed by atoms with van der Waals surface area (Å²) in [6.07, 6.45) is 6.34. The molecule has 2 N–H and O–H groups in total. The highest BCUT2D eigenvalue weighted by Crippen LogP contribution is 2.21. The molecule has 0 unspecified atom stereocenters. The van der Waals surface area contributed by atoms with Crippen LogP contribution >= 0.6 is 24.0 Å². The molecule has 2 rings (SSSR count). The highest BCUT2D eigenvalue weighted by molar-refractivity contribution is 14.0. The first-order valence-electron chi connectivity index (χ1n) is 9.38. The number of nitrogens with one attached hydrogen (secondary N) is 2. The van der Waals surface area contributed by atoms with Crippen molar-refractivity contribution < 1.29 is 12.8 Å². The molecule has 1 aliphatic rings. The first-order valence-corrected chi connectivity index (χ1v) is 11.4. The van der Waals surface area contributed by atoms with Crippen molar-refractivity contribution in [1.29, 1.82) is 0 Å². The molecule has 1 aliphatic carbocycles. The van der Waals surface area contributed by atoms with Crippen LogP contribution in [0.15, 0.2) is 23.2 Å². The fraction of sp³-hybridized carbons (Fsp3) is 0.632. The van der Waals surface area contributed by atoms with Gasteiger partial charge in [-0.15, -0.1) is 24.0 Å². The van der Waals surface area contributed by atoms with Gasteiger partial charge in [0.1, 0.15) is 5.82 Å². The molecule has 0 saturated heterocycles. The average molecular weight is 526 g/mol. The van der Waals surface area contributed by atoms with Gasteiger partial charge in [-0.25, -0.2) is 12.8 Å². The molecule has 0 spiro atoms. The van der Waals surface area contributed by atoms with Crippen molar-refractivity contribution in [3.05, 3.63) is 35.1 Å². The predicted molar refractivity (Wildman–Crippen MR) is 123 cm³/mol. The molecule has 1 saturated carbocycles. The number of likely N-dealkylation sites (N-methyl/N-ethyl adjacent to an activating group) is 1. The van der Waals surface area contributed by atoms with Crippen molar-refractivity contribution in [1.82, 2.24) is 15.5 Å². The summed E-state index contributed by atoms with van der Waals surface area (Å²) in [6, 6.07) is 4.86. The normalized spacial score (nSPS) is 15.5. The van der Waals surface area contributed by atoms with Crippen LogP contribution in [0.2, 0.25) is 0 Å². The standard InChI is InChI=1S/C19H31FN4O2S.HI/c1-21-19(22-10-11-24(2)18-6-4-5-7-18)23-13-16-12-17(20)9-8-15(16)14-27(3,25)26;/h8-9,12,18H,4-7,10-11,13-14H2,1-3H3,(H2,21,22,23);1H. The van der Waals surface area contributed by atoms with Crippen molar-refractivity contribution >= 4 is 39.8 Å². The molecule has 1 fully saturated rings. The lowest BCUT2D eigenvalue weighted by Gasteiger charge is -2.24. The third kappa shape index (κ3) is 8.60. The van der Waals surface area contributed by atoms with Crippen molar-refractivity contribution in [3.63, 3.8) is 0 Å². The predicted octanol–water partition coefficient (Wildman–Crippen LogP) is 2.53. The van der Waals surface area contributed by atoms with Gasteiger partial charge in [-0.05, 0) is 43.1 Å². The number of guanidine groups is 1. The molecular weight excluding hydrogens is 494 g/mol. The largest absolute Gasteiger partial charge is 0.355 e. The summed E-state index contributed by atoms with van der Waals surface area (Å²) in [6.45, 7) is 1.98. The fourth-order valence-electron chi connectivity index (χ4n) is 3.46. The van der Waals surface area contributed by atoms with Crippen molar-refractivity contribution in [2.75, 3.05) is 33.4 Å². The Morgan fingerprint density at radius 1 is 1.25 bits per heavy atom. The zero-order valence-corrected chi connectivity index (χ0v) is 20.0. The Bertz CT molecular complexity index is 752. The fourth-order valence-corrected chi connectivity index (χ4v) is 4.31. The first-order chi connectivity index (χ1) is 12.8. The molecule has 0 aromatic heterocycles. The number of nitrogens with zero attached hydrogens (tertiary/aromatic N) is 2. The summed E-state index contributed by atoms with van der Waals surface area (Å²) in [5, 5.41) is 6.40. The molecule has 0 radical (unpaired) electrons. The highest BCUT2D eigenvalue weighted by Gasteiger charge is 2.19. The maximum atomic E-state index is 13.6. The van der Waals surface area contributed by atoms with Crippen LogP contribution in [-0.4, -0.2) is 58.8 Å². The lowest BCUT2D eigenvalue weighted by molar-refractivity contribution is 0.249. The summed E-state index contributed by atoms with van der Waals surface area (Å²) in [5.74, 6) is 0.122. The van der Waals surface area contributed by atoms with Crippen molar-refractivity contribution in [3.8, 4) is 0 Å². The number of hydrogen-bond acceptors (Lipinski definition) is 4. The minimum atomic E-state index is -3.19. The first kappa shape index (κ1) is 25.1. The number of hydrogen-bond donors (Lipinski definition) is 2. The lowest BCUT2D eigenvalue weighted by atomic mass is 10.1. The van der Waals surface area contributed by atoms with Gasteiger partial charge in [0.15, 0.2) is 15.8 Å². The molecule has 0 bridgehead atoms. The van der Waals surface area contributed by atoms with Crippen LogP contribution in [0.25, 0.3) is 0 Å². The molecule has 0 heterocycles. The summed E-state index contributed by atoms with van der Waals surface area (Å²) in [4.78, 5) is 6.57. The van der Waals surface area contributed by atoms with Gasteiger partial charge in [-0.3, -0.25) is 4.99 Å². The van der Waals surface area contributed by atoms with E-state index in [9.17, 15) is 12.8 Å². The van der Waals surface area contributed by atoms with E-state index in [0.29, 0.717) is 29.7 Å². The molecule has 0 atom stereocenters. The number of aliphatic imine (C=N–C) groups is 1. The van der Waals surface area contributed by atoms with Gasteiger partial charge >= 0.3 is 0 Å². The second kappa shape index (κ2) is 11.9. The highest BCUT2D eigenvalue weighted by atomic mass is 127. The third-order valence-corrected chi connectivity index (χ3v) is 5.80. The Morgan fingerprint density at radius 3 is 2.54 bits per heavy atom. The zero-order valence-electron chi connectivity index (χ0n) is 16.9. The number of benzene rings is 1. The van der Waals surface area contributed by atoms with Gasteiger partial charge in [0.2, 0.25) is 0 Å². The van der Waals surface area contributed by atoms with E-state index in [1.165, 1.54) is 50.1 Å². The van der Waals surface area contributed by atoms with Crippen molar-refractivity contribution in [2.24, 2.45) is 4.99 Å². The smallest absolute Gasteiger partial charge is 0.191 e. The van der Waals surface area contributed by atoms with Gasteiger partial charge < -0.3 is 15.5 Å². The molecular formula is C19H32FIN4O2S. The Balaban J connectivity index is 0.00000392. The topological polar surface area (TPSA) is 73.8 Å². The summed E-state index contributed by atoms with van der Waals surface area (Å²) < 4.78 is 36.8. The van der Waals surface area contributed by atoms with E-state index < -0.39 is 9.84 Å². The second-order valence-corrected chi connectivity index (χ2v) is 9.39. The van der Waals surface area contributed by atoms with Crippen LogP contribution in [0.1, 0.15) is 36.8 Å². The molecule has 160 valence electrons. The number of sulfone groups is 1. The van der Waals surface area contributed by atoms with E-state index in [4.69, 9.17) is 0 Å². The van der Waals surface area contributed by atoms with Crippen LogP contribution in [-0.2, 0) is 22.1 Å². The van der Waals surface area contributed by atoms with Gasteiger partial charge in [-0.1, -0.05) is 18.9 Å². The van der Waals surface area contributed by atoms with E-state index in [0.717, 1.165) is 13.1 Å². The molecule has 28 heavy (non-hydrogen) atoms. The molecule has 1 aromatic rings. The maximum Gasteiger partial charge on any atom is 0.191 e. The molecule has 0 amide bonds. The maximum absolute atomic E-state index is 13.6. The minimum absolute atomic E-state index is 0. The van der Waals surface area contributed by atoms with Gasteiger partial charge in [-0.2, -0.15) is 0 Å². The lowest BCUT2D eigenvalue weighted by Crippen LogP contribution is -2.42. The quantitative estimate of drug-likeness (QED) is 0.310. The van der Waals surface area contributed by atoms with Crippen LogP contribution < -0.4 is 10.6 Å². The Hall–Kier alpha value is -0.940. The SMILES string of the molecule is CN=C(NCCN(C)C1CCCC1)NCc1cc(F)ccc1CS(C)(=O)=O.I. The Morgan fingerprint density at radius 2 is 1.93 bits per heavy atom. The van der Waals surface area contributed by atoms with E-state index in [1.807, 2.05) is 0 Å². The van der Waals surface area contributed by atoms with E-state index in [-0.39, 0.29) is 35.5 Å². The Labute approximate surface area is 185 Å². The molecule has 1 aromatic carbocycles. The van der Waals surface area contributed by atoms with E-state index in [1.54, 1.807) is 7.05 Å². The number of rotatable bonds is 8. The van der Waals surface area contributed by atoms with Gasteiger partial charge in [0.05, 0.1) is 5.75 Å². The van der Waals surface area contributed by atoms with Crippen molar-refractivity contribution in [2.45, 2.75) is 44.0 Å². The monoisotopic (exact) mass is 526 g/mol. The van der Waals surface area contributed by atoms with Crippen LogP contribution in [0.5, 0.6) is 0 Å². The Kier molecular flexibility index (Phi) is 10.7. The summed E-state index contributed by atoms with van der Waals surface area (Å²) in [5.41, 5.74) is 1.22. The third-order valence-electron chi connectivity index (χ3n) is 4.96. The van der Waals surface area contributed by atoms with Crippen LogP contribution in [0, 0.1) is 5.82 Å². The van der Waals surface area contributed by atoms with Gasteiger partial charge in [0, 0.05) is 39.0 Å². The number of halogens is 2. The summed E-state index contributed by atoms with van der Waals surface area (Å²) >= 11 is 0. The zero-order chi connectivity index (χ0) is 19.9.